The molecule has 1 fully saturated rings. The molecule has 0 spiro atoms. The molecule has 20 heavy (non-hydrogen) atoms. The molecule has 1 saturated heterocycles. The fraction of sp³-hybridized carbons (Fsp3) is 0.562. The summed E-state index contributed by atoms with van der Waals surface area (Å²) in [7, 11) is 0. The standard InChI is InChI=1S/C16H22FN3/c1-2-3-4-7-19-8-10-20(11-9-19)16-6-5-14(13-18)12-15(16)17/h5-6,12H,2-4,7-11H2,1H3. The van der Waals surface area contributed by atoms with E-state index in [1.807, 2.05) is 6.07 Å². The van der Waals surface area contributed by atoms with Crippen molar-refractivity contribution in [2.75, 3.05) is 37.6 Å². The molecule has 1 heterocycles. The monoisotopic (exact) mass is 275 g/mol. The van der Waals surface area contributed by atoms with Crippen LogP contribution in [0.5, 0.6) is 0 Å². The first-order chi connectivity index (χ1) is 9.74. The summed E-state index contributed by atoms with van der Waals surface area (Å²) < 4.78 is 14.0. The number of nitrogens with zero attached hydrogens (tertiary/aromatic N) is 3. The second-order valence-corrected chi connectivity index (χ2v) is 5.31. The summed E-state index contributed by atoms with van der Waals surface area (Å²) in [6.07, 6.45) is 3.78. The first kappa shape index (κ1) is 14.8. The Balaban J connectivity index is 1.89. The zero-order valence-electron chi connectivity index (χ0n) is 12.1. The van der Waals surface area contributed by atoms with Gasteiger partial charge in [-0.25, -0.2) is 4.39 Å². The van der Waals surface area contributed by atoms with E-state index in [0.717, 1.165) is 32.7 Å². The third-order valence-electron chi connectivity index (χ3n) is 3.87. The summed E-state index contributed by atoms with van der Waals surface area (Å²) in [5.41, 5.74) is 1.00. The van der Waals surface area contributed by atoms with Crippen molar-refractivity contribution in [3.63, 3.8) is 0 Å². The largest absolute Gasteiger partial charge is 0.367 e. The lowest BCUT2D eigenvalue weighted by Gasteiger charge is -2.36. The fourth-order valence-corrected chi connectivity index (χ4v) is 2.63. The van der Waals surface area contributed by atoms with E-state index in [9.17, 15) is 4.39 Å². The summed E-state index contributed by atoms with van der Waals surface area (Å²) in [6.45, 7) is 7.05. The molecule has 1 aliphatic rings. The number of anilines is 1. The number of hydrogen-bond acceptors (Lipinski definition) is 3. The Morgan fingerprint density at radius 3 is 2.55 bits per heavy atom. The average molecular weight is 275 g/mol. The summed E-state index contributed by atoms with van der Waals surface area (Å²) >= 11 is 0. The molecule has 1 aromatic rings. The van der Waals surface area contributed by atoms with Crippen LogP contribution >= 0.6 is 0 Å². The number of benzene rings is 1. The molecule has 108 valence electrons. The van der Waals surface area contributed by atoms with Crippen molar-refractivity contribution in [1.82, 2.24) is 4.90 Å². The van der Waals surface area contributed by atoms with E-state index in [4.69, 9.17) is 5.26 Å². The number of hydrogen-bond donors (Lipinski definition) is 0. The topological polar surface area (TPSA) is 30.3 Å². The molecule has 1 aliphatic heterocycles. The van der Waals surface area contributed by atoms with Crippen molar-refractivity contribution in [2.45, 2.75) is 26.2 Å². The third-order valence-corrected chi connectivity index (χ3v) is 3.87. The van der Waals surface area contributed by atoms with Gasteiger partial charge in [0.15, 0.2) is 0 Å². The van der Waals surface area contributed by atoms with E-state index < -0.39 is 0 Å². The van der Waals surface area contributed by atoms with Gasteiger partial charge in [0.1, 0.15) is 5.82 Å². The van der Waals surface area contributed by atoms with Crippen LogP contribution in [0, 0.1) is 17.1 Å². The molecule has 0 radical (unpaired) electrons. The van der Waals surface area contributed by atoms with Gasteiger partial charge in [0.25, 0.3) is 0 Å². The van der Waals surface area contributed by atoms with Gasteiger partial charge < -0.3 is 4.90 Å². The Labute approximate surface area is 120 Å². The highest BCUT2D eigenvalue weighted by atomic mass is 19.1. The van der Waals surface area contributed by atoms with Gasteiger partial charge in [0.05, 0.1) is 17.3 Å². The van der Waals surface area contributed by atoms with Gasteiger partial charge in [-0.1, -0.05) is 19.8 Å². The molecule has 4 heteroatoms. The van der Waals surface area contributed by atoms with Crippen LogP contribution in [0.15, 0.2) is 18.2 Å². The molecule has 0 saturated carbocycles. The molecule has 1 aromatic carbocycles. The van der Waals surface area contributed by atoms with Gasteiger partial charge in [0.2, 0.25) is 0 Å². The van der Waals surface area contributed by atoms with Crippen LogP contribution < -0.4 is 4.90 Å². The van der Waals surface area contributed by atoms with Gasteiger partial charge in [-0.3, -0.25) is 4.90 Å². The maximum absolute atomic E-state index is 14.0. The molecule has 2 rings (SSSR count). The molecular weight excluding hydrogens is 253 g/mol. The van der Waals surface area contributed by atoms with Crippen LogP contribution in [0.3, 0.4) is 0 Å². The molecule has 0 N–H and O–H groups in total. The maximum atomic E-state index is 14.0. The highest BCUT2D eigenvalue weighted by Crippen LogP contribution is 2.21. The minimum atomic E-state index is -0.288. The Morgan fingerprint density at radius 2 is 1.95 bits per heavy atom. The van der Waals surface area contributed by atoms with Gasteiger partial charge >= 0.3 is 0 Å². The average Bonchev–Trinajstić information content (AvgIpc) is 2.48. The smallest absolute Gasteiger partial charge is 0.147 e. The van der Waals surface area contributed by atoms with Crippen LogP contribution in [0.1, 0.15) is 31.7 Å². The minimum Gasteiger partial charge on any atom is -0.367 e. The number of nitriles is 1. The predicted molar refractivity (Wildman–Crippen MR) is 79.3 cm³/mol. The second-order valence-electron chi connectivity index (χ2n) is 5.31. The second kappa shape index (κ2) is 7.25. The molecular formula is C16H22FN3. The van der Waals surface area contributed by atoms with E-state index in [1.54, 1.807) is 12.1 Å². The third kappa shape index (κ3) is 3.71. The zero-order valence-corrected chi connectivity index (χ0v) is 12.1. The lowest BCUT2D eigenvalue weighted by atomic mass is 10.1. The van der Waals surface area contributed by atoms with Crippen LogP contribution in [-0.2, 0) is 0 Å². The van der Waals surface area contributed by atoms with Crippen LogP contribution in [0.4, 0.5) is 10.1 Å². The van der Waals surface area contributed by atoms with Crippen molar-refractivity contribution >= 4 is 5.69 Å². The molecule has 0 amide bonds. The van der Waals surface area contributed by atoms with Crippen molar-refractivity contribution < 1.29 is 4.39 Å². The van der Waals surface area contributed by atoms with Crippen molar-refractivity contribution in [2.24, 2.45) is 0 Å². The van der Waals surface area contributed by atoms with E-state index in [2.05, 4.69) is 16.7 Å². The molecule has 0 unspecified atom stereocenters. The first-order valence-electron chi connectivity index (χ1n) is 7.41. The first-order valence-corrected chi connectivity index (χ1v) is 7.41. The number of rotatable bonds is 5. The lowest BCUT2D eigenvalue weighted by molar-refractivity contribution is 0.252. The quantitative estimate of drug-likeness (QED) is 0.774. The van der Waals surface area contributed by atoms with Crippen molar-refractivity contribution in [1.29, 1.82) is 5.26 Å². The van der Waals surface area contributed by atoms with Crippen LogP contribution in [0.2, 0.25) is 0 Å². The van der Waals surface area contributed by atoms with Gasteiger partial charge in [-0.05, 0) is 31.2 Å². The molecule has 0 atom stereocenters. The van der Waals surface area contributed by atoms with Crippen LogP contribution in [-0.4, -0.2) is 37.6 Å². The zero-order chi connectivity index (χ0) is 14.4. The number of piperazine rings is 1. The fourth-order valence-electron chi connectivity index (χ4n) is 2.63. The van der Waals surface area contributed by atoms with Gasteiger partial charge in [-0.15, -0.1) is 0 Å². The SMILES string of the molecule is CCCCCN1CCN(c2ccc(C#N)cc2F)CC1. The Morgan fingerprint density at radius 1 is 1.20 bits per heavy atom. The lowest BCUT2D eigenvalue weighted by Crippen LogP contribution is -2.46. The number of halogens is 1. The molecule has 0 aromatic heterocycles. The van der Waals surface area contributed by atoms with E-state index in [0.29, 0.717) is 11.3 Å². The summed E-state index contributed by atoms with van der Waals surface area (Å²) in [6, 6.07) is 6.70. The summed E-state index contributed by atoms with van der Waals surface area (Å²) in [4.78, 5) is 4.53. The Hall–Kier alpha value is -1.60. The molecule has 0 aliphatic carbocycles. The highest BCUT2D eigenvalue weighted by molar-refractivity contribution is 5.51. The Kier molecular flexibility index (Phi) is 5.37. The van der Waals surface area contributed by atoms with E-state index >= 15 is 0 Å². The van der Waals surface area contributed by atoms with Gasteiger partial charge in [-0.2, -0.15) is 5.26 Å². The normalized spacial score (nSPS) is 16.1. The summed E-state index contributed by atoms with van der Waals surface area (Å²) in [5.74, 6) is -0.288. The Bertz CT molecular complexity index is 473. The van der Waals surface area contributed by atoms with E-state index in [1.165, 1.54) is 25.3 Å². The minimum absolute atomic E-state index is 0.288. The number of unbranched alkanes of at least 4 members (excludes halogenated alkanes) is 2. The summed E-state index contributed by atoms with van der Waals surface area (Å²) in [5, 5.41) is 8.76. The van der Waals surface area contributed by atoms with Gasteiger partial charge in [0, 0.05) is 26.2 Å². The maximum Gasteiger partial charge on any atom is 0.147 e. The van der Waals surface area contributed by atoms with E-state index in [-0.39, 0.29) is 5.82 Å². The van der Waals surface area contributed by atoms with Crippen molar-refractivity contribution in [3.05, 3.63) is 29.6 Å². The molecule has 3 nitrogen and oxygen atoms in total. The van der Waals surface area contributed by atoms with Crippen LogP contribution in [0.25, 0.3) is 0 Å². The van der Waals surface area contributed by atoms with Crippen molar-refractivity contribution in [3.8, 4) is 6.07 Å². The highest BCUT2D eigenvalue weighted by Gasteiger charge is 2.19. The molecule has 0 bridgehead atoms. The predicted octanol–water partition coefficient (Wildman–Crippen LogP) is 3.01.